The van der Waals surface area contributed by atoms with Gasteiger partial charge in [0, 0.05) is 23.0 Å². The van der Waals surface area contributed by atoms with E-state index in [4.69, 9.17) is 11.6 Å². The number of hydrogen-bond donors (Lipinski definition) is 1. The molecule has 0 spiro atoms. The van der Waals surface area contributed by atoms with E-state index >= 15 is 0 Å². The van der Waals surface area contributed by atoms with Gasteiger partial charge in [-0.1, -0.05) is 72.3 Å². The molecule has 5 nitrogen and oxygen atoms in total. The Morgan fingerprint density at radius 3 is 2.00 bits per heavy atom. The van der Waals surface area contributed by atoms with E-state index in [1.807, 2.05) is 67.6 Å². The number of nitro groups is 1. The zero-order chi connectivity index (χ0) is 20.1. The molecule has 6 heteroatoms. The van der Waals surface area contributed by atoms with Gasteiger partial charge in [-0.05, 0) is 30.2 Å². The molecule has 1 amide bonds. The first kappa shape index (κ1) is 19.6. The van der Waals surface area contributed by atoms with Crippen molar-refractivity contribution in [2.45, 2.75) is 18.9 Å². The van der Waals surface area contributed by atoms with Crippen LogP contribution in [0.5, 0.6) is 0 Å². The lowest BCUT2D eigenvalue weighted by Gasteiger charge is -2.26. The molecular formula is C22H19ClN2O3. The molecule has 0 saturated heterocycles. The van der Waals surface area contributed by atoms with Gasteiger partial charge < -0.3 is 5.32 Å². The van der Waals surface area contributed by atoms with E-state index in [1.54, 1.807) is 0 Å². The maximum Gasteiger partial charge on any atom is 0.283 e. The van der Waals surface area contributed by atoms with Crippen molar-refractivity contribution in [2.24, 2.45) is 0 Å². The van der Waals surface area contributed by atoms with Crippen molar-refractivity contribution in [3.05, 3.63) is 111 Å². The number of halogens is 1. The molecule has 1 unspecified atom stereocenters. The van der Waals surface area contributed by atoms with Crippen LogP contribution in [0.25, 0.3) is 0 Å². The fourth-order valence-corrected chi connectivity index (χ4v) is 3.47. The molecule has 3 aromatic carbocycles. The summed E-state index contributed by atoms with van der Waals surface area (Å²) in [4.78, 5) is 23.5. The summed E-state index contributed by atoms with van der Waals surface area (Å²) in [5.41, 5.74) is 1.77. The van der Waals surface area contributed by atoms with Crippen molar-refractivity contribution < 1.29 is 9.72 Å². The molecule has 3 aromatic rings. The lowest BCUT2D eigenvalue weighted by atomic mass is 9.85. The van der Waals surface area contributed by atoms with Gasteiger partial charge in [-0.3, -0.25) is 14.9 Å². The van der Waals surface area contributed by atoms with Crippen LogP contribution in [0.4, 0.5) is 5.69 Å². The van der Waals surface area contributed by atoms with Gasteiger partial charge in [-0.15, -0.1) is 0 Å². The predicted octanol–water partition coefficient (Wildman–Crippen LogP) is 5.20. The van der Waals surface area contributed by atoms with Gasteiger partial charge in [0.2, 0.25) is 0 Å². The summed E-state index contributed by atoms with van der Waals surface area (Å²) in [6.07, 6.45) is 0. The highest BCUT2D eigenvalue weighted by molar-refractivity contribution is 6.31. The third-order valence-corrected chi connectivity index (χ3v) is 4.81. The fourth-order valence-electron chi connectivity index (χ4n) is 3.31. The number of carbonyl (C=O) groups is 1. The summed E-state index contributed by atoms with van der Waals surface area (Å²) in [7, 11) is 0. The SMILES string of the molecule is CC(NC(=O)c1ccc(Cl)cc1[N+](=O)[O-])C(c1ccccc1)c1ccccc1. The molecule has 0 aliphatic carbocycles. The number of carbonyl (C=O) groups excluding carboxylic acids is 1. The molecule has 0 heterocycles. The largest absolute Gasteiger partial charge is 0.348 e. The van der Waals surface area contributed by atoms with Gasteiger partial charge in [0.15, 0.2) is 0 Å². The van der Waals surface area contributed by atoms with Gasteiger partial charge >= 0.3 is 0 Å². The Bertz CT molecular complexity index is 938. The molecule has 0 aliphatic heterocycles. The van der Waals surface area contributed by atoms with Crippen LogP contribution in [0.1, 0.15) is 34.3 Å². The summed E-state index contributed by atoms with van der Waals surface area (Å²) in [5, 5.41) is 14.4. The molecule has 142 valence electrons. The minimum atomic E-state index is -0.600. The van der Waals surface area contributed by atoms with E-state index in [2.05, 4.69) is 5.32 Å². The first-order valence-corrected chi connectivity index (χ1v) is 9.20. The second-order valence-corrected chi connectivity index (χ2v) is 6.92. The maximum atomic E-state index is 12.8. The van der Waals surface area contributed by atoms with E-state index in [1.165, 1.54) is 18.2 Å². The zero-order valence-corrected chi connectivity index (χ0v) is 16.0. The number of nitrogens with one attached hydrogen (secondary N) is 1. The molecule has 0 radical (unpaired) electrons. The maximum absolute atomic E-state index is 12.8. The Hall–Kier alpha value is -3.18. The molecule has 3 rings (SSSR count). The Kier molecular flexibility index (Phi) is 6.06. The molecule has 0 bridgehead atoms. The molecule has 0 fully saturated rings. The first-order chi connectivity index (χ1) is 13.5. The summed E-state index contributed by atoms with van der Waals surface area (Å²) < 4.78 is 0. The van der Waals surface area contributed by atoms with Gasteiger partial charge in [0.25, 0.3) is 11.6 Å². The molecule has 0 saturated carbocycles. The van der Waals surface area contributed by atoms with Crippen LogP contribution in [0.3, 0.4) is 0 Å². The van der Waals surface area contributed by atoms with Crippen molar-refractivity contribution in [1.29, 1.82) is 0 Å². The zero-order valence-electron chi connectivity index (χ0n) is 15.2. The third-order valence-electron chi connectivity index (χ3n) is 4.58. The third kappa shape index (κ3) is 4.38. The average Bonchev–Trinajstić information content (AvgIpc) is 2.69. The highest BCUT2D eigenvalue weighted by atomic mass is 35.5. The highest BCUT2D eigenvalue weighted by Gasteiger charge is 2.26. The predicted molar refractivity (Wildman–Crippen MR) is 110 cm³/mol. The van der Waals surface area contributed by atoms with Crippen LogP contribution in [0.2, 0.25) is 5.02 Å². The highest BCUT2D eigenvalue weighted by Crippen LogP contribution is 2.29. The number of nitro benzene ring substituents is 1. The van der Waals surface area contributed by atoms with E-state index in [0.29, 0.717) is 0 Å². The Labute approximate surface area is 168 Å². The quantitative estimate of drug-likeness (QED) is 0.461. The Morgan fingerprint density at radius 1 is 0.964 bits per heavy atom. The smallest absolute Gasteiger partial charge is 0.283 e. The van der Waals surface area contributed by atoms with Crippen LogP contribution >= 0.6 is 11.6 Å². The second-order valence-electron chi connectivity index (χ2n) is 6.48. The monoisotopic (exact) mass is 394 g/mol. The minimum absolute atomic E-state index is 0.0128. The summed E-state index contributed by atoms with van der Waals surface area (Å²) in [6.45, 7) is 1.89. The van der Waals surface area contributed by atoms with Crippen LogP contribution in [-0.4, -0.2) is 16.9 Å². The normalized spacial score (nSPS) is 11.8. The van der Waals surface area contributed by atoms with Crippen LogP contribution < -0.4 is 5.32 Å². The Balaban J connectivity index is 1.92. The fraction of sp³-hybridized carbons (Fsp3) is 0.136. The van der Waals surface area contributed by atoms with Crippen LogP contribution in [0.15, 0.2) is 78.9 Å². The van der Waals surface area contributed by atoms with Crippen molar-refractivity contribution >= 4 is 23.2 Å². The van der Waals surface area contributed by atoms with E-state index < -0.39 is 10.8 Å². The topological polar surface area (TPSA) is 72.2 Å². The molecule has 0 aromatic heterocycles. The number of rotatable bonds is 6. The molecular weight excluding hydrogens is 376 g/mol. The lowest BCUT2D eigenvalue weighted by molar-refractivity contribution is -0.385. The van der Waals surface area contributed by atoms with Gasteiger partial charge in [0.1, 0.15) is 5.56 Å². The number of benzene rings is 3. The lowest BCUT2D eigenvalue weighted by Crippen LogP contribution is -2.37. The minimum Gasteiger partial charge on any atom is -0.348 e. The number of hydrogen-bond acceptors (Lipinski definition) is 3. The van der Waals surface area contributed by atoms with Gasteiger partial charge in [-0.25, -0.2) is 0 Å². The summed E-state index contributed by atoms with van der Waals surface area (Å²) in [5.74, 6) is -0.606. The molecule has 0 aliphatic rings. The standard InChI is InChI=1S/C22H19ClN2O3/c1-15(24-22(26)19-13-12-18(23)14-20(19)25(27)28)21(16-8-4-2-5-9-16)17-10-6-3-7-11-17/h2-15,21H,1H3,(H,24,26). The van der Waals surface area contributed by atoms with Crippen molar-refractivity contribution in [3.63, 3.8) is 0 Å². The van der Waals surface area contributed by atoms with E-state index in [9.17, 15) is 14.9 Å². The number of amides is 1. The van der Waals surface area contributed by atoms with Crippen LogP contribution in [0, 0.1) is 10.1 Å². The van der Waals surface area contributed by atoms with E-state index in [-0.39, 0.29) is 28.2 Å². The number of nitrogens with zero attached hydrogens (tertiary/aromatic N) is 1. The second kappa shape index (κ2) is 8.67. The molecule has 1 N–H and O–H groups in total. The van der Waals surface area contributed by atoms with Gasteiger partial charge in [-0.2, -0.15) is 0 Å². The summed E-state index contributed by atoms with van der Waals surface area (Å²) in [6, 6.07) is 23.4. The van der Waals surface area contributed by atoms with Crippen molar-refractivity contribution in [3.8, 4) is 0 Å². The van der Waals surface area contributed by atoms with Gasteiger partial charge in [0.05, 0.1) is 4.92 Å². The Morgan fingerprint density at radius 2 is 1.50 bits per heavy atom. The molecule has 28 heavy (non-hydrogen) atoms. The molecule has 1 atom stereocenters. The van der Waals surface area contributed by atoms with E-state index in [0.717, 1.165) is 11.1 Å². The van der Waals surface area contributed by atoms with Crippen LogP contribution in [-0.2, 0) is 0 Å². The summed E-state index contributed by atoms with van der Waals surface area (Å²) >= 11 is 5.85. The average molecular weight is 395 g/mol. The first-order valence-electron chi connectivity index (χ1n) is 8.82. The van der Waals surface area contributed by atoms with Crippen molar-refractivity contribution in [2.75, 3.05) is 0 Å². The van der Waals surface area contributed by atoms with Crippen molar-refractivity contribution in [1.82, 2.24) is 5.32 Å².